The minimum Gasteiger partial charge on any atom is -0.493 e. The molecule has 142 valence electrons. The third-order valence-corrected chi connectivity index (χ3v) is 4.25. The number of aliphatic carboxylic acids is 1. The maximum absolute atomic E-state index is 13.4. The molecular formula is C19H16F3NO4. The Morgan fingerprint density at radius 2 is 1.81 bits per heavy atom. The van der Waals surface area contributed by atoms with Crippen LogP contribution in [0.5, 0.6) is 11.5 Å². The number of H-pyrrole nitrogens is 1. The number of para-hydroxylation sites is 1. The molecule has 5 nitrogen and oxygen atoms in total. The molecule has 0 saturated heterocycles. The Morgan fingerprint density at radius 3 is 2.41 bits per heavy atom. The number of carbonyl (C=O) groups is 1. The van der Waals surface area contributed by atoms with Crippen molar-refractivity contribution in [2.24, 2.45) is 0 Å². The van der Waals surface area contributed by atoms with Crippen molar-refractivity contribution in [2.75, 3.05) is 14.2 Å². The smallest absolute Gasteiger partial charge is 0.418 e. The van der Waals surface area contributed by atoms with Crippen LogP contribution in [-0.2, 0) is 17.4 Å². The fourth-order valence-electron chi connectivity index (χ4n) is 3.08. The molecule has 0 fully saturated rings. The minimum atomic E-state index is -4.57. The minimum absolute atomic E-state index is 0.147. The highest BCUT2D eigenvalue weighted by atomic mass is 19.4. The lowest BCUT2D eigenvalue weighted by molar-refractivity contribution is -0.137. The van der Waals surface area contributed by atoms with Gasteiger partial charge in [-0.3, -0.25) is 4.79 Å². The number of nitrogens with one attached hydrogen (secondary N) is 1. The molecule has 1 aromatic heterocycles. The number of carboxylic acid groups (broad SMARTS) is 1. The number of fused-ring (bicyclic) bond motifs is 1. The molecule has 0 amide bonds. The summed E-state index contributed by atoms with van der Waals surface area (Å²) in [7, 11) is 2.90. The summed E-state index contributed by atoms with van der Waals surface area (Å²) in [4.78, 5) is 14.1. The second-order valence-electron chi connectivity index (χ2n) is 5.84. The van der Waals surface area contributed by atoms with Gasteiger partial charge in [0.25, 0.3) is 0 Å². The van der Waals surface area contributed by atoms with Crippen LogP contribution in [0.1, 0.15) is 11.1 Å². The van der Waals surface area contributed by atoms with Gasteiger partial charge in [0.05, 0.1) is 37.4 Å². The molecule has 3 aromatic rings. The van der Waals surface area contributed by atoms with Crippen LogP contribution in [0.15, 0.2) is 36.4 Å². The normalized spacial score (nSPS) is 11.6. The van der Waals surface area contributed by atoms with E-state index >= 15 is 0 Å². The first-order chi connectivity index (χ1) is 12.8. The Bertz CT molecular complexity index is 1010. The van der Waals surface area contributed by atoms with Gasteiger partial charge in [0.1, 0.15) is 0 Å². The van der Waals surface area contributed by atoms with Gasteiger partial charge in [-0.1, -0.05) is 12.1 Å². The maximum Gasteiger partial charge on any atom is 0.418 e. The number of aromatic nitrogens is 1. The van der Waals surface area contributed by atoms with E-state index in [9.17, 15) is 23.1 Å². The van der Waals surface area contributed by atoms with E-state index in [1.54, 1.807) is 18.2 Å². The average molecular weight is 379 g/mol. The Labute approximate surface area is 152 Å². The molecule has 0 unspecified atom stereocenters. The highest BCUT2D eigenvalue weighted by Gasteiger charge is 2.34. The van der Waals surface area contributed by atoms with Gasteiger partial charge in [-0.05, 0) is 29.8 Å². The van der Waals surface area contributed by atoms with Crippen molar-refractivity contribution in [3.8, 4) is 22.8 Å². The number of hydrogen-bond donors (Lipinski definition) is 2. The van der Waals surface area contributed by atoms with E-state index in [0.29, 0.717) is 22.8 Å². The van der Waals surface area contributed by atoms with E-state index in [4.69, 9.17) is 9.47 Å². The third-order valence-electron chi connectivity index (χ3n) is 4.25. The zero-order chi connectivity index (χ0) is 19.8. The number of rotatable bonds is 5. The largest absolute Gasteiger partial charge is 0.493 e. The Kier molecular flexibility index (Phi) is 4.73. The number of benzene rings is 2. The van der Waals surface area contributed by atoms with Crippen LogP contribution >= 0.6 is 0 Å². The molecule has 8 heteroatoms. The number of ether oxygens (including phenoxy) is 2. The number of hydrogen-bond acceptors (Lipinski definition) is 3. The second kappa shape index (κ2) is 6.86. The molecule has 0 spiro atoms. The van der Waals surface area contributed by atoms with E-state index in [1.807, 2.05) is 0 Å². The van der Waals surface area contributed by atoms with E-state index in [0.717, 1.165) is 6.07 Å². The van der Waals surface area contributed by atoms with Gasteiger partial charge in [-0.15, -0.1) is 0 Å². The highest BCUT2D eigenvalue weighted by Crippen LogP contribution is 2.40. The predicted molar refractivity (Wildman–Crippen MR) is 93.2 cm³/mol. The summed E-state index contributed by atoms with van der Waals surface area (Å²) in [6.07, 6.45) is -5.00. The van der Waals surface area contributed by atoms with Crippen molar-refractivity contribution >= 4 is 16.9 Å². The summed E-state index contributed by atoms with van der Waals surface area (Å²) in [5.41, 5.74) is 0.0681. The molecule has 1 heterocycles. The molecule has 2 N–H and O–H groups in total. The summed E-state index contributed by atoms with van der Waals surface area (Å²) >= 11 is 0. The van der Waals surface area contributed by atoms with Crippen molar-refractivity contribution in [2.45, 2.75) is 12.6 Å². The first kappa shape index (κ1) is 18.6. The predicted octanol–water partition coefficient (Wildman–Crippen LogP) is 4.50. The third kappa shape index (κ3) is 3.42. The lowest BCUT2D eigenvalue weighted by atomic mass is 10.0. The molecule has 27 heavy (non-hydrogen) atoms. The number of methoxy groups -OCH3 is 2. The van der Waals surface area contributed by atoms with Gasteiger partial charge < -0.3 is 19.6 Å². The zero-order valence-corrected chi connectivity index (χ0v) is 14.5. The van der Waals surface area contributed by atoms with Crippen LogP contribution in [0, 0.1) is 0 Å². The molecule has 0 radical (unpaired) electrons. The standard InChI is InChI=1S/C19H16F3NO4/c1-26-14-7-6-10(8-15(14)27-2)17-12(9-16(24)25)11-4-3-5-13(18(11)23-17)19(20,21)22/h3-8,23H,9H2,1-2H3,(H,24,25). The lowest BCUT2D eigenvalue weighted by Gasteiger charge is -2.10. The molecule has 3 rings (SSSR count). The van der Waals surface area contributed by atoms with Gasteiger partial charge in [-0.25, -0.2) is 0 Å². The van der Waals surface area contributed by atoms with E-state index in [1.165, 1.54) is 26.4 Å². The van der Waals surface area contributed by atoms with Crippen molar-refractivity contribution in [1.29, 1.82) is 0 Å². The van der Waals surface area contributed by atoms with Crippen molar-refractivity contribution < 1.29 is 32.5 Å². The lowest BCUT2D eigenvalue weighted by Crippen LogP contribution is -2.05. The monoisotopic (exact) mass is 379 g/mol. The van der Waals surface area contributed by atoms with Gasteiger partial charge in [0, 0.05) is 10.9 Å². The van der Waals surface area contributed by atoms with Crippen molar-refractivity contribution in [1.82, 2.24) is 4.98 Å². The van der Waals surface area contributed by atoms with Gasteiger partial charge in [0.15, 0.2) is 11.5 Å². The Morgan fingerprint density at radius 1 is 1.11 bits per heavy atom. The maximum atomic E-state index is 13.4. The van der Waals surface area contributed by atoms with Gasteiger partial charge >= 0.3 is 12.1 Å². The first-order valence-electron chi connectivity index (χ1n) is 7.91. The fraction of sp³-hybridized carbons (Fsp3) is 0.211. The Balaban J connectivity index is 2.30. The quantitative estimate of drug-likeness (QED) is 0.685. The first-order valence-corrected chi connectivity index (χ1v) is 7.91. The van der Waals surface area contributed by atoms with Crippen LogP contribution in [-0.4, -0.2) is 30.3 Å². The van der Waals surface area contributed by atoms with Crippen LogP contribution in [0.3, 0.4) is 0 Å². The molecule has 2 aromatic carbocycles. The molecule has 0 saturated carbocycles. The number of alkyl halides is 3. The number of carboxylic acids is 1. The molecule has 0 aliphatic carbocycles. The molecule has 0 aliphatic rings. The van der Waals surface area contributed by atoms with Crippen LogP contribution in [0.2, 0.25) is 0 Å². The summed E-state index contributed by atoms with van der Waals surface area (Å²) in [5.74, 6) is -0.311. The summed E-state index contributed by atoms with van der Waals surface area (Å²) in [6.45, 7) is 0. The van der Waals surface area contributed by atoms with Crippen molar-refractivity contribution in [3.05, 3.63) is 47.5 Å². The summed E-state index contributed by atoms with van der Waals surface area (Å²) < 4.78 is 50.5. The average Bonchev–Trinajstić information content (AvgIpc) is 2.98. The van der Waals surface area contributed by atoms with Gasteiger partial charge in [0.2, 0.25) is 0 Å². The SMILES string of the molecule is COc1ccc(-c2[nH]c3c(C(F)(F)F)cccc3c2CC(=O)O)cc1OC. The van der Waals surface area contributed by atoms with E-state index < -0.39 is 24.1 Å². The van der Waals surface area contributed by atoms with E-state index in [-0.39, 0.29) is 16.5 Å². The number of halogens is 3. The highest BCUT2D eigenvalue weighted by molar-refractivity contribution is 5.96. The molecule has 0 bridgehead atoms. The van der Waals surface area contributed by atoms with Crippen LogP contribution < -0.4 is 9.47 Å². The van der Waals surface area contributed by atoms with Crippen LogP contribution in [0.4, 0.5) is 13.2 Å². The summed E-state index contributed by atoms with van der Waals surface area (Å²) in [5, 5.41) is 9.47. The fourth-order valence-corrected chi connectivity index (χ4v) is 3.08. The van der Waals surface area contributed by atoms with Crippen LogP contribution in [0.25, 0.3) is 22.2 Å². The topological polar surface area (TPSA) is 71.6 Å². The zero-order valence-electron chi connectivity index (χ0n) is 14.5. The molecule has 0 atom stereocenters. The molecule has 0 aliphatic heterocycles. The van der Waals surface area contributed by atoms with E-state index in [2.05, 4.69) is 4.98 Å². The van der Waals surface area contributed by atoms with Crippen molar-refractivity contribution in [3.63, 3.8) is 0 Å². The Hall–Kier alpha value is -3.16. The summed E-state index contributed by atoms with van der Waals surface area (Å²) in [6, 6.07) is 8.52. The number of aromatic amines is 1. The van der Waals surface area contributed by atoms with Gasteiger partial charge in [-0.2, -0.15) is 13.2 Å². The molecular weight excluding hydrogens is 363 g/mol. The second-order valence-corrected chi connectivity index (χ2v) is 5.84.